The fourth-order valence-electron chi connectivity index (χ4n) is 2.90. The predicted octanol–water partition coefficient (Wildman–Crippen LogP) is 4.21. The molecule has 0 unspecified atom stereocenters. The molecule has 0 saturated heterocycles. The van der Waals surface area contributed by atoms with E-state index in [9.17, 15) is 26.7 Å². The highest BCUT2D eigenvalue weighted by Gasteiger charge is 2.29. The van der Waals surface area contributed by atoms with E-state index < -0.39 is 41.0 Å². The van der Waals surface area contributed by atoms with Crippen molar-refractivity contribution in [2.75, 3.05) is 0 Å². The van der Waals surface area contributed by atoms with Crippen LogP contribution in [0, 0.1) is 17.5 Å². The number of aryl methyl sites for hydroxylation is 1. The van der Waals surface area contributed by atoms with Gasteiger partial charge in [-0.05, 0) is 11.6 Å². The molecule has 0 aliphatic heterocycles. The van der Waals surface area contributed by atoms with Gasteiger partial charge in [-0.15, -0.1) is 0 Å². The SMILES string of the molecule is Cn1nc(C(F)F)c(C(N)=O)c1-c1ccccc1-c1cc(F)c(F)cc1F. The van der Waals surface area contributed by atoms with Crippen molar-refractivity contribution in [3.8, 4) is 22.4 Å². The van der Waals surface area contributed by atoms with E-state index in [-0.39, 0.29) is 22.4 Å². The number of aromatic nitrogens is 2. The molecule has 3 rings (SSSR count). The van der Waals surface area contributed by atoms with Gasteiger partial charge in [-0.25, -0.2) is 22.0 Å². The van der Waals surface area contributed by atoms with Crippen LogP contribution in [0.2, 0.25) is 0 Å². The molecule has 2 N–H and O–H groups in total. The van der Waals surface area contributed by atoms with Gasteiger partial charge in [0.25, 0.3) is 12.3 Å². The summed E-state index contributed by atoms with van der Waals surface area (Å²) in [4.78, 5) is 11.8. The molecule has 3 aromatic rings. The third-order valence-electron chi connectivity index (χ3n) is 4.01. The first kappa shape index (κ1) is 18.6. The summed E-state index contributed by atoms with van der Waals surface area (Å²) in [6.45, 7) is 0. The fourth-order valence-corrected chi connectivity index (χ4v) is 2.90. The van der Waals surface area contributed by atoms with Crippen LogP contribution in [0.5, 0.6) is 0 Å². The number of nitrogens with two attached hydrogens (primary N) is 1. The van der Waals surface area contributed by atoms with Crippen LogP contribution in [-0.4, -0.2) is 15.7 Å². The number of hydrogen-bond acceptors (Lipinski definition) is 2. The first-order valence-corrected chi connectivity index (χ1v) is 7.61. The van der Waals surface area contributed by atoms with Crippen LogP contribution in [0.3, 0.4) is 0 Å². The molecule has 0 atom stereocenters. The largest absolute Gasteiger partial charge is 0.365 e. The number of hydrogen-bond donors (Lipinski definition) is 1. The molecule has 1 amide bonds. The summed E-state index contributed by atoms with van der Waals surface area (Å²) < 4.78 is 68.7. The lowest BCUT2D eigenvalue weighted by Crippen LogP contribution is -2.14. The Balaban J connectivity index is 2.34. The van der Waals surface area contributed by atoms with Gasteiger partial charge in [0.1, 0.15) is 11.5 Å². The minimum absolute atomic E-state index is 0.0558. The van der Waals surface area contributed by atoms with Gasteiger partial charge in [0, 0.05) is 24.2 Å². The molecule has 140 valence electrons. The monoisotopic (exact) mass is 381 g/mol. The molecule has 0 fully saturated rings. The van der Waals surface area contributed by atoms with Crippen LogP contribution >= 0.6 is 0 Å². The lowest BCUT2D eigenvalue weighted by molar-refractivity contribution is 0.0985. The highest BCUT2D eigenvalue weighted by atomic mass is 19.3. The van der Waals surface area contributed by atoms with Crippen molar-refractivity contribution < 1.29 is 26.7 Å². The first-order chi connectivity index (χ1) is 12.7. The van der Waals surface area contributed by atoms with Crippen molar-refractivity contribution in [3.05, 3.63) is 65.1 Å². The Kier molecular flexibility index (Phi) is 4.69. The Hall–Kier alpha value is -3.23. The number of alkyl halides is 2. The Morgan fingerprint density at radius 1 is 1.00 bits per heavy atom. The van der Waals surface area contributed by atoms with Gasteiger partial charge in [0.05, 0.1) is 11.3 Å². The van der Waals surface area contributed by atoms with Gasteiger partial charge in [-0.3, -0.25) is 9.48 Å². The minimum atomic E-state index is -3.07. The predicted molar refractivity (Wildman–Crippen MR) is 87.4 cm³/mol. The van der Waals surface area contributed by atoms with Crippen molar-refractivity contribution >= 4 is 5.91 Å². The molecule has 4 nitrogen and oxygen atoms in total. The van der Waals surface area contributed by atoms with Gasteiger partial charge in [0.2, 0.25) is 0 Å². The Morgan fingerprint density at radius 3 is 2.19 bits per heavy atom. The van der Waals surface area contributed by atoms with E-state index in [1.54, 1.807) is 0 Å². The molecule has 1 heterocycles. The lowest BCUT2D eigenvalue weighted by atomic mass is 9.94. The maximum absolute atomic E-state index is 14.3. The Labute approximate surface area is 150 Å². The zero-order chi connectivity index (χ0) is 19.9. The molecule has 0 aliphatic rings. The van der Waals surface area contributed by atoms with Crippen molar-refractivity contribution in [3.63, 3.8) is 0 Å². The van der Waals surface area contributed by atoms with Crippen LogP contribution in [0.4, 0.5) is 22.0 Å². The molecule has 2 aromatic carbocycles. The van der Waals surface area contributed by atoms with Crippen LogP contribution in [0.25, 0.3) is 22.4 Å². The molecular formula is C18H12F5N3O. The van der Waals surface area contributed by atoms with Crippen LogP contribution in [0.15, 0.2) is 36.4 Å². The second kappa shape index (κ2) is 6.82. The molecule has 27 heavy (non-hydrogen) atoms. The molecule has 0 bridgehead atoms. The van der Waals surface area contributed by atoms with Crippen molar-refractivity contribution in [1.29, 1.82) is 0 Å². The lowest BCUT2D eigenvalue weighted by Gasteiger charge is -2.13. The number of carbonyl (C=O) groups is 1. The Bertz CT molecular complexity index is 1050. The molecule has 9 heteroatoms. The average Bonchev–Trinajstić information content (AvgIpc) is 2.96. The normalized spacial score (nSPS) is 11.2. The first-order valence-electron chi connectivity index (χ1n) is 7.61. The fraction of sp³-hybridized carbons (Fsp3) is 0.111. The van der Waals surface area contributed by atoms with E-state index in [0.29, 0.717) is 12.1 Å². The summed E-state index contributed by atoms with van der Waals surface area (Å²) in [5, 5.41) is 3.63. The van der Waals surface area contributed by atoms with Gasteiger partial charge in [-0.2, -0.15) is 5.10 Å². The number of amides is 1. The zero-order valence-corrected chi connectivity index (χ0v) is 13.8. The summed E-state index contributed by atoms with van der Waals surface area (Å²) >= 11 is 0. The molecule has 0 radical (unpaired) electrons. The van der Waals surface area contributed by atoms with E-state index in [1.165, 1.54) is 31.3 Å². The second-order valence-electron chi connectivity index (χ2n) is 5.69. The van der Waals surface area contributed by atoms with E-state index in [0.717, 1.165) is 4.68 Å². The maximum Gasteiger partial charge on any atom is 0.282 e. The third kappa shape index (κ3) is 3.16. The summed E-state index contributed by atoms with van der Waals surface area (Å²) in [5.41, 5.74) is 3.69. The second-order valence-corrected chi connectivity index (χ2v) is 5.69. The highest BCUT2D eigenvalue weighted by Crippen LogP contribution is 2.38. The number of primary amides is 1. The quantitative estimate of drug-likeness (QED) is 0.544. The standard InChI is InChI=1S/C18H12F5N3O/c1-26-16(14(18(24)27)15(25-26)17(22)23)9-5-3-2-4-8(9)10-6-12(20)13(21)7-11(10)19/h2-7,17H,1H3,(H2,24,27). The van der Waals surface area contributed by atoms with Gasteiger partial charge < -0.3 is 5.73 Å². The molecule has 0 aliphatic carbocycles. The number of nitrogens with zero attached hydrogens (tertiary/aromatic N) is 2. The zero-order valence-electron chi connectivity index (χ0n) is 13.8. The van der Waals surface area contributed by atoms with Crippen LogP contribution in [0.1, 0.15) is 22.5 Å². The Morgan fingerprint density at radius 2 is 1.59 bits per heavy atom. The highest BCUT2D eigenvalue weighted by molar-refractivity contribution is 6.02. The van der Waals surface area contributed by atoms with Crippen LogP contribution in [-0.2, 0) is 7.05 Å². The molecular weight excluding hydrogens is 369 g/mol. The van der Waals surface area contributed by atoms with E-state index in [2.05, 4.69) is 5.10 Å². The van der Waals surface area contributed by atoms with Gasteiger partial charge in [0.15, 0.2) is 11.6 Å². The number of carbonyl (C=O) groups excluding carboxylic acids is 1. The molecule has 1 aromatic heterocycles. The number of benzene rings is 2. The number of halogens is 5. The summed E-state index contributed by atoms with van der Waals surface area (Å²) in [7, 11) is 1.31. The average molecular weight is 381 g/mol. The van der Waals surface area contributed by atoms with E-state index in [4.69, 9.17) is 5.73 Å². The van der Waals surface area contributed by atoms with Crippen LogP contribution < -0.4 is 5.73 Å². The topological polar surface area (TPSA) is 60.9 Å². The summed E-state index contributed by atoms with van der Waals surface area (Å²) in [6.07, 6.45) is -3.07. The van der Waals surface area contributed by atoms with Crippen molar-refractivity contribution in [1.82, 2.24) is 9.78 Å². The molecule has 0 saturated carbocycles. The minimum Gasteiger partial charge on any atom is -0.365 e. The van der Waals surface area contributed by atoms with E-state index in [1.807, 2.05) is 0 Å². The summed E-state index contributed by atoms with van der Waals surface area (Å²) in [5.74, 6) is -4.85. The smallest absolute Gasteiger partial charge is 0.282 e. The molecule has 0 spiro atoms. The van der Waals surface area contributed by atoms with Crippen molar-refractivity contribution in [2.24, 2.45) is 12.8 Å². The third-order valence-corrected chi connectivity index (χ3v) is 4.01. The van der Waals surface area contributed by atoms with Gasteiger partial charge in [-0.1, -0.05) is 24.3 Å². The number of rotatable bonds is 4. The summed E-state index contributed by atoms with van der Waals surface area (Å²) in [6, 6.07) is 6.83. The van der Waals surface area contributed by atoms with Gasteiger partial charge >= 0.3 is 0 Å². The maximum atomic E-state index is 14.3. The van der Waals surface area contributed by atoms with Crippen molar-refractivity contribution in [2.45, 2.75) is 6.43 Å². The van der Waals surface area contributed by atoms with E-state index >= 15 is 0 Å².